The number of nitrogens with zero attached hydrogens (tertiary/aromatic N) is 3. The fourth-order valence-corrected chi connectivity index (χ4v) is 3.81. The quantitative estimate of drug-likeness (QED) is 0.848. The maximum absolute atomic E-state index is 13.1. The summed E-state index contributed by atoms with van der Waals surface area (Å²) in [6, 6.07) is 5.35. The average Bonchev–Trinajstić information content (AvgIpc) is 2.65. The lowest BCUT2D eigenvalue weighted by molar-refractivity contribution is -0.134. The Labute approximate surface area is 153 Å². The number of likely N-dealkylation sites (tertiary alicyclic amines) is 1. The van der Waals surface area contributed by atoms with Gasteiger partial charge in [-0.25, -0.2) is 4.39 Å². The van der Waals surface area contributed by atoms with Gasteiger partial charge in [-0.3, -0.25) is 19.4 Å². The lowest BCUT2D eigenvalue weighted by atomic mass is 10.0. The van der Waals surface area contributed by atoms with Crippen LogP contribution in [0.5, 0.6) is 0 Å². The zero-order chi connectivity index (χ0) is 18.5. The second-order valence-corrected chi connectivity index (χ2v) is 7.11. The van der Waals surface area contributed by atoms with Crippen LogP contribution in [0.15, 0.2) is 24.3 Å². The topological polar surface area (TPSA) is 69.9 Å². The van der Waals surface area contributed by atoms with Gasteiger partial charge in [0.05, 0.1) is 6.54 Å². The van der Waals surface area contributed by atoms with Crippen molar-refractivity contribution in [1.82, 2.24) is 14.7 Å². The van der Waals surface area contributed by atoms with Gasteiger partial charge in [-0.1, -0.05) is 12.1 Å². The molecule has 2 amide bonds. The van der Waals surface area contributed by atoms with Gasteiger partial charge in [-0.05, 0) is 37.0 Å². The fraction of sp³-hybridized carbons (Fsp3) is 0.579. The molecule has 1 aromatic carbocycles. The summed E-state index contributed by atoms with van der Waals surface area (Å²) in [5.41, 5.74) is 6.31. The third-order valence-corrected chi connectivity index (χ3v) is 5.29. The number of primary amides is 1. The van der Waals surface area contributed by atoms with E-state index in [0.29, 0.717) is 38.3 Å². The maximum atomic E-state index is 13.1. The number of nitrogens with two attached hydrogens (primary N) is 1. The number of benzene rings is 1. The highest BCUT2D eigenvalue weighted by atomic mass is 19.1. The van der Waals surface area contributed by atoms with Crippen LogP contribution in [0.4, 0.5) is 4.39 Å². The minimum absolute atomic E-state index is 0.197. The molecule has 1 aromatic rings. The van der Waals surface area contributed by atoms with Crippen molar-refractivity contribution in [3.8, 4) is 0 Å². The molecular formula is C19H27FN4O2. The summed E-state index contributed by atoms with van der Waals surface area (Å²) in [7, 11) is 0. The van der Waals surface area contributed by atoms with Crippen molar-refractivity contribution in [1.29, 1.82) is 0 Å². The minimum Gasteiger partial charge on any atom is -0.368 e. The van der Waals surface area contributed by atoms with Crippen LogP contribution in [0.1, 0.15) is 30.9 Å². The lowest BCUT2D eigenvalue weighted by Gasteiger charge is -2.38. The number of rotatable bonds is 5. The molecule has 0 aliphatic carbocycles. The Morgan fingerprint density at radius 1 is 0.962 bits per heavy atom. The molecule has 1 atom stereocenters. The molecule has 0 radical (unpaired) electrons. The molecule has 142 valence electrons. The van der Waals surface area contributed by atoms with Crippen molar-refractivity contribution in [3.63, 3.8) is 0 Å². The molecule has 2 aliphatic heterocycles. The molecule has 1 unspecified atom stereocenters. The van der Waals surface area contributed by atoms with Crippen LogP contribution >= 0.6 is 0 Å². The first kappa shape index (κ1) is 18.8. The summed E-state index contributed by atoms with van der Waals surface area (Å²) < 4.78 is 13.1. The van der Waals surface area contributed by atoms with Crippen molar-refractivity contribution >= 4 is 11.8 Å². The first-order valence-corrected chi connectivity index (χ1v) is 9.33. The summed E-state index contributed by atoms with van der Waals surface area (Å²) in [5.74, 6) is -0.574. The van der Waals surface area contributed by atoms with E-state index in [9.17, 15) is 14.0 Å². The Morgan fingerprint density at radius 2 is 1.58 bits per heavy atom. The van der Waals surface area contributed by atoms with Gasteiger partial charge >= 0.3 is 0 Å². The SMILES string of the molecule is NC(=O)C(c1ccc(F)cc1)N1CCN(CC(=O)N2CCCCC2)CC1. The van der Waals surface area contributed by atoms with Gasteiger partial charge in [-0.15, -0.1) is 0 Å². The number of carbonyl (C=O) groups excluding carboxylic acids is 2. The van der Waals surface area contributed by atoms with E-state index in [2.05, 4.69) is 4.90 Å². The number of amides is 2. The van der Waals surface area contributed by atoms with Crippen LogP contribution < -0.4 is 5.73 Å². The predicted octanol–water partition coefficient (Wildman–Crippen LogP) is 0.982. The number of hydrogen-bond acceptors (Lipinski definition) is 4. The van der Waals surface area contributed by atoms with E-state index in [4.69, 9.17) is 5.73 Å². The number of carbonyl (C=O) groups is 2. The van der Waals surface area contributed by atoms with Crippen molar-refractivity contribution in [3.05, 3.63) is 35.6 Å². The van der Waals surface area contributed by atoms with E-state index in [1.165, 1.54) is 18.6 Å². The molecular weight excluding hydrogens is 335 g/mol. The first-order valence-electron chi connectivity index (χ1n) is 9.33. The Morgan fingerprint density at radius 3 is 2.15 bits per heavy atom. The molecule has 0 bridgehead atoms. The van der Waals surface area contributed by atoms with E-state index in [0.717, 1.165) is 25.9 Å². The summed E-state index contributed by atoms with van der Waals surface area (Å²) in [6.07, 6.45) is 3.40. The zero-order valence-electron chi connectivity index (χ0n) is 15.1. The normalized spacial score (nSPS) is 20.7. The lowest BCUT2D eigenvalue weighted by Crippen LogP contribution is -2.52. The van der Waals surface area contributed by atoms with Crippen molar-refractivity contribution in [2.24, 2.45) is 5.73 Å². The van der Waals surface area contributed by atoms with Gasteiger partial charge in [0, 0.05) is 39.3 Å². The maximum Gasteiger partial charge on any atom is 0.239 e. The Bertz CT molecular complexity index is 623. The molecule has 26 heavy (non-hydrogen) atoms. The number of hydrogen-bond donors (Lipinski definition) is 1. The van der Waals surface area contributed by atoms with Gasteiger partial charge in [0.15, 0.2) is 0 Å². The monoisotopic (exact) mass is 362 g/mol. The van der Waals surface area contributed by atoms with E-state index >= 15 is 0 Å². The van der Waals surface area contributed by atoms with E-state index in [1.54, 1.807) is 12.1 Å². The van der Waals surface area contributed by atoms with Crippen LogP contribution in [-0.2, 0) is 9.59 Å². The third-order valence-electron chi connectivity index (χ3n) is 5.29. The van der Waals surface area contributed by atoms with Crippen molar-refractivity contribution in [2.45, 2.75) is 25.3 Å². The molecule has 2 aliphatic rings. The van der Waals surface area contributed by atoms with E-state index in [-0.39, 0.29) is 11.7 Å². The standard InChI is InChI=1S/C19H27FN4O2/c20-16-6-4-15(5-7-16)18(19(21)26)24-12-10-22(11-13-24)14-17(25)23-8-2-1-3-9-23/h4-7,18H,1-3,8-14H2,(H2,21,26). The van der Waals surface area contributed by atoms with Crippen LogP contribution in [0.3, 0.4) is 0 Å². The third kappa shape index (κ3) is 4.59. The van der Waals surface area contributed by atoms with Crippen molar-refractivity contribution in [2.75, 3.05) is 45.8 Å². The summed E-state index contributed by atoms with van der Waals surface area (Å²) in [4.78, 5) is 30.5. The Hall–Kier alpha value is -1.99. The van der Waals surface area contributed by atoms with Crippen LogP contribution in [0.2, 0.25) is 0 Å². The molecule has 2 N–H and O–H groups in total. The number of halogens is 1. The molecule has 3 rings (SSSR count). The van der Waals surface area contributed by atoms with Gasteiger partial charge in [-0.2, -0.15) is 0 Å². The molecule has 0 aromatic heterocycles. The average molecular weight is 362 g/mol. The van der Waals surface area contributed by atoms with Crippen LogP contribution in [0, 0.1) is 5.82 Å². The van der Waals surface area contributed by atoms with Crippen LogP contribution in [0.25, 0.3) is 0 Å². The highest BCUT2D eigenvalue weighted by Crippen LogP contribution is 2.22. The summed E-state index contributed by atoms with van der Waals surface area (Å²) in [5, 5.41) is 0. The smallest absolute Gasteiger partial charge is 0.239 e. The minimum atomic E-state index is -0.560. The molecule has 2 fully saturated rings. The van der Waals surface area contributed by atoms with Crippen molar-refractivity contribution < 1.29 is 14.0 Å². The molecule has 7 heteroatoms. The van der Waals surface area contributed by atoms with Crippen LogP contribution in [-0.4, -0.2) is 72.3 Å². The van der Waals surface area contributed by atoms with Gasteiger partial charge < -0.3 is 10.6 Å². The predicted molar refractivity (Wildman–Crippen MR) is 96.8 cm³/mol. The first-order chi connectivity index (χ1) is 12.5. The van der Waals surface area contributed by atoms with Gasteiger partial charge in [0.2, 0.25) is 11.8 Å². The van der Waals surface area contributed by atoms with Gasteiger partial charge in [0.25, 0.3) is 0 Å². The highest BCUT2D eigenvalue weighted by molar-refractivity contribution is 5.81. The zero-order valence-corrected chi connectivity index (χ0v) is 15.1. The molecule has 0 spiro atoms. The highest BCUT2D eigenvalue weighted by Gasteiger charge is 2.30. The second-order valence-electron chi connectivity index (χ2n) is 7.11. The summed E-state index contributed by atoms with van der Waals surface area (Å²) in [6.45, 7) is 4.90. The molecule has 2 heterocycles. The summed E-state index contributed by atoms with van der Waals surface area (Å²) >= 11 is 0. The number of piperazine rings is 1. The molecule has 0 saturated carbocycles. The fourth-order valence-electron chi connectivity index (χ4n) is 3.81. The Kier molecular flexibility index (Phi) is 6.21. The van der Waals surface area contributed by atoms with E-state index in [1.807, 2.05) is 9.80 Å². The largest absolute Gasteiger partial charge is 0.368 e. The molecule has 6 nitrogen and oxygen atoms in total. The molecule has 2 saturated heterocycles. The van der Waals surface area contributed by atoms with E-state index < -0.39 is 11.9 Å². The second kappa shape index (κ2) is 8.60. The number of piperidine rings is 1. The Balaban J connectivity index is 1.55. The van der Waals surface area contributed by atoms with Gasteiger partial charge in [0.1, 0.15) is 11.9 Å².